The molecule has 8 nitrogen and oxygen atoms in total. The number of hydrogen-bond acceptors (Lipinski definition) is 6. The predicted molar refractivity (Wildman–Crippen MR) is 103 cm³/mol. The smallest absolute Gasteiger partial charge is 0.246 e. The fraction of sp³-hybridized carbons (Fsp3) is 0.474. The fourth-order valence-corrected chi connectivity index (χ4v) is 5.06. The van der Waals surface area contributed by atoms with Gasteiger partial charge in [-0.15, -0.1) is 0 Å². The number of carbonyl (C=O) groups excluding carboxylic acids is 1. The normalized spacial score (nSPS) is 22.9. The molecular weight excluding hydrogens is 378 g/mol. The average molecular weight is 401 g/mol. The zero-order valence-corrected chi connectivity index (χ0v) is 16.8. The third-order valence-corrected chi connectivity index (χ3v) is 7.45. The van der Waals surface area contributed by atoms with Crippen molar-refractivity contribution in [3.8, 4) is 11.4 Å². The molecule has 2 fully saturated rings. The van der Waals surface area contributed by atoms with Gasteiger partial charge in [0.1, 0.15) is 4.90 Å². The minimum atomic E-state index is -3.70. The Bertz CT molecular complexity index is 988. The van der Waals surface area contributed by atoms with Crippen molar-refractivity contribution in [2.24, 2.45) is 11.8 Å². The summed E-state index contributed by atoms with van der Waals surface area (Å²) in [5.74, 6) is 1.18. The first-order valence-electron chi connectivity index (χ1n) is 9.41. The van der Waals surface area contributed by atoms with Crippen LogP contribution in [0.4, 0.5) is 0 Å². The van der Waals surface area contributed by atoms with E-state index >= 15 is 0 Å². The molecular formula is C19H23N5O3S. The van der Waals surface area contributed by atoms with E-state index in [9.17, 15) is 13.2 Å². The fourth-order valence-electron chi connectivity index (χ4n) is 3.53. The third kappa shape index (κ3) is 3.51. The van der Waals surface area contributed by atoms with Crippen molar-refractivity contribution in [3.63, 3.8) is 0 Å². The maximum absolute atomic E-state index is 13.1. The Morgan fingerprint density at radius 1 is 1.18 bits per heavy atom. The van der Waals surface area contributed by atoms with E-state index in [1.807, 2.05) is 6.07 Å². The van der Waals surface area contributed by atoms with Crippen LogP contribution < -0.4 is 0 Å². The number of pyridine rings is 1. The Morgan fingerprint density at radius 2 is 1.89 bits per heavy atom. The molecule has 0 bridgehead atoms. The molecule has 0 N–H and O–H groups in total. The Labute approximate surface area is 164 Å². The average Bonchev–Trinajstić information content (AvgIpc) is 3.44. The van der Waals surface area contributed by atoms with Gasteiger partial charge < -0.3 is 4.90 Å². The molecule has 9 heteroatoms. The topological polar surface area (TPSA) is 96.4 Å². The van der Waals surface area contributed by atoms with Gasteiger partial charge in [-0.05, 0) is 31.4 Å². The van der Waals surface area contributed by atoms with Gasteiger partial charge in [0.05, 0.1) is 11.9 Å². The largest absolute Gasteiger partial charge is 0.340 e. The Hall–Kier alpha value is -2.39. The molecule has 2 atom stereocenters. The first kappa shape index (κ1) is 18.9. The zero-order chi connectivity index (χ0) is 19.9. The molecule has 2 unspecified atom stereocenters. The number of nitrogens with zero attached hydrogens (tertiary/aromatic N) is 5. The maximum Gasteiger partial charge on any atom is 0.246 e. The minimum Gasteiger partial charge on any atom is -0.340 e. The molecule has 0 aromatic carbocycles. The second-order valence-electron chi connectivity index (χ2n) is 7.43. The van der Waals surface area contributed by atoms with E-state index < -0.39 is 10.0 Å². The van der Waals surface area contributed by atoms with E-state index in [0.717, 1.165) is 12.0 Å². The second-order valence-corrected chi connectivity index (χ2v) is 9.34. The molecule has 1 amide bonds. The number of hydrogen-bond donors (Lipinski definition) is 0. The van der Waals surface area contributed by atoms with Crippen molar-refractivity contribution in [1.82, 2.24) is 24.2 Å². The monoisotopic (exact) mass is 401 g/mol. The summed E-state index contributed by atoms with van der Waals surface area (Å²) >= 11 is 0. The Morgan fingerprint density at radius 3 is 2.46 bits per heavy atom. The molecule has 2 aromatic heterocycles. The second kappa shape index (κ2) is 7.21. The number of piperazine rings is 1. The van der Waals surface area contributed by atoms with Gasteiger partial charge in [0.15, 0.2) is 5.82 Å². The molecule has 1 saturated carbocycles. The first-order valence-corrected chi connectivity index (χ1v) is 10.8. The van der Waals surface area contributed by atoms with Crippen LogP contribution in [0.1, 0.15) is 19.0 Å². The highest BCUT2D eigenvalue weighted by Gasteiger charge is 2.42. The van der Waals surface area contributed by atoms with E-state index in [-0.39, 0.29) is 16.7 Å². The molecule has 148 valence electrons. The first-order chi connectivity index (χ1) is 13.4. The lowest BCUT2D eigenvalue weighted by Gasteiger charge is -2.34. The molecule has 28 heavy (non-hydrogen) atoms. The lowest BCUT2D eigenvalue weighted by Crippen LogP contribution is -2.51. The maximum atomic E-state index is 13.1. The van der Waals surface area contributed by atoms with Crippen LogP contribution in [0.15, 0.2) is 35.6 Å². The van der Waals surface area contributed by atoms with Crippen molar-refractivity contribution in [1.29, 1.82) is 0 Å². The van der Waals surface area contributed by atoms with Gasteiger partial charge in [0, 0.05) is 50.1 Å². The molecule has 0 radical (unpaired) electrons. The van der Waals surface area contributed by atoms with Gasteiger partial charge in [-0.25, -0.2) is 18.4 Å². The lowest BCUT2D eigenvalue weighted by atomic mass is 10.2. The predicted octanol–water partition coefficient (Wildman–Crippen LogP) is 1.34. The minimum absolute atomic E-state index is 0.107. The van der Waals surface area contributed by atoms with Crippen LogP contribution in [0, 0.1) is 18.8 Å². The molecule has 1 aliphatic heterocycles. The summed E-state index contributed by atoms with van der Waals surface area (Å²) in [5.41, 5.74) is 1.13. The highest BCUT2D eigenvalue weighted by atomic mass is 32.2. The van der Waals surface area contributed by atoms with Crippen LogP contribution in [0.2, 0.25) is 0 Å². The van der Waals surface area contributed by atoms with Crippen LogP contribution in [0.3, 0.4) is 0 Å². The molecule has 1 aliphatic carbocycles. The van der Waals surface area contributed by atoms with Gasteiger partial charge in [-0.3, -0.25) is 9.78 Å². The quantitative estimate of drug-likeness (QED) is 0.767. The van der Waals surface area contributed by atoms with Gasteiger partial charge in [0.2, 0.25) is 15.9 Å². The number of carbonyl (C=O) groups is 1. The molecule has 0 spiro atoms. The van der Waals surface area contributed by atoms with Gasteiger partial charge in [-0.2, -0.15) is 4.31 Å². The van der Waals surface area contributed by atoms with Crippen molar-refractivity contribution < 1.29 is 13.2 Å². The summed E-state index contributed by atoms with van der Waals surface area (Å²) in [7, 11) is -3.70. The van der Waals surface area contributed by atoms with E-state index in [1.54, 1.807) is 30.3 Å². The molecule has 1 saturated heterocycles. The number of aryl methyl sites for hydroxylation is 1. The van der Waals surface area contributed by atoms with Crippen LogP contribution in [-0.2, 0) is 14.8 Å². The number of sulfonamides is 1. The van der Waals surface area contributed by atoms with E-state index in [1.165, 1.54) is 10.5 Å². The molecule has 2 aliphatic rings. The number of amides is 1. The SMILES string of the molecule is Cc1nc(-c2cccnc2)ncc1S(=O)(=O)N1CCN(C(=O)C2CC2C)CC1. The Kier molecular flexibility index (Phi) is 4.88. The standard InChI is InChI=1S/C19H23N5O3S/c1-13-10-16(13)19(25)23-6-8-24(9-7-23)28(26,27)17-12-21-18(22-14(17)2)15-4-3-5-20-11-15/h3-5,11-13,16H,6-10H2,1-2H3. The third-order valence-electron chi connectivity index (χ3n) is 5.45. The van der Waals surface area contributed by atoms with Crippen molar-refractivity contribution in [3.05, 3.63) is 36.4 Å². The van der Waals surface area contributed by atoms with Crippen LogP contribution in [0.5, 0.6) is 0 Å². The molecule has 4 rings (SSSR count). The molecule has 2 aromatic rings. The van der Waals surface area contributed by atoms with Crippen LogP contribution in [-0.4, -0.2) is 64.7 Å². The van der Waals surface area contributed by atoms with Crippen LogP contribution >= 0.6 is 0 Å². The van der Waals surface area contributed by atoms with Gasteiger partial charge in [0.25, 0.3) is 0 Å². The van der Waals surface area contributed by atoms with Crippen LogP contribution in [0.25, 0.3) is 11.4 Å². The van der Waals surface area contributed by atoms with E-state index in [4.69, 9.17) is 0 Å². The highest BCUT2D eigenvalue weighted by molar-refractivity contribution is 7.89. The molecule has 3 heterocycles. The Balaban J connectivity index is 1.49. The summed E-state index contributed by atoms with van der Waals surface area (Å²) in [4.78, 5) is 26.9. The van der Waals surface area contributed by atoms with Crippen molar-refractivity contribution >= 4 is 15.9 Å². The van der Waals surface area contributed by atoms with Gasteiger partial charge >= 0.3 is 0 Å². The van der Waals surface area contributed by atoms with E-state index in [0.29, 0.717) is 43.6 Å². The van der Waals surface area contributed by atoms with E-state index in [2.05, 4.69) is 21.9 Å². The summed E-state index contributed by atoms with van der Waals surface area (Å²) < 4.78 is 27.5. The highest BCUT2D eigenvalue weighted by Crippen LogP contribution is 2.39. The summed E-state index contributed by atoms with van der Waals surface area (Å²) in [6.45, 7) is 5.17. The zero-order valence-electron chi connectivity index (χ0n) is 15.9. The van der Waals surface area contributed by atoms with Crippen molar-refractivity contribution in [2.45, 2.75) is 25.2 Å². The van der Waals surface area contributed by atoms with Gasteiger partial charge in [-0.1, -0.05) is 6.92 Å². The number of aromatic nitrogens is 3. The number of rotatable bonds is 4. The lowest BCUT2D eigenvalue weighted by molar-refractivity contribution is -0.134. The summed E-state index contributed by atoms with van der Waals surface area (Å²) in [6, 6.07) is 3.61. The summed E-state index contributed by atoms with van der Waals surface area (Å²) in [6.07, 6.45) is 5.60. The van der Waals surface area contributed by atoms with Crippen molar-refractivity contribution in [2.75, 3.05) is 26.2 Å². The summed E-state index contributed by atoms with van der Waals surface area (Å²) in [5, 5.41) is 0.